The van der Waals surface area contributed by atoms with E-state index in [-0.39, 0.29) is 0 Å². The Morgan fingerprint density at radius 1 is 1.37 bits per heavy atom. The third kappa shape index (κ3) is 3.23. The van der Waals surface area contributed by atoms with Crippen LogP contribution in [0.25, 0.3) is 0 Å². The van der Waals surface area contributed by atoms with Gasteiger partial charge < -0.3 is 9.73 Å². The van der Waals surface area contributed by atoms with Gasteiger partial charge in [0, 0.05) is 12.6 Å². The summed E-state index contributed by atoms with van der Waals surface area (Å²) in [6.07, 6.45) is 8.43. The Balaban J connectivity index is 1.77. The molecule has 2 heterocycles. The van der Waals surface area contributed by atoms with Crippen molar-refractivity contribution in [1.29, 1.82) is 0 Å². The lowest BCUT2D eigenvalue weighted by atomic mass is 9.93. The fourth-order valence-corrected chi connectivity index (χ4v) is 3.61. The van der Waals surface area contributed by atoms with Gasteiger partial charge >= 0.3 is 0 Å². The first-order chi connectivity index (χ1) is 9.25. The van der Waals surface area contributed by atoms with Crippen LogP contribution in [0.1, 0.15) is 43.9 Å². The summed E-state index contributed by atoms with van der Waals surface area (Å²) >= 11 is 3.63. The molecular formula is C15H23BrN2O. The molecule has 1 aromatic rings. The molecule has 1 saturated heterocycles. The minimum Gasteiger partial charge on any atom is -0.466 e. The van der Waals surface area contributed by atoms with Crippen LogP contribution >= 0.6 is 15.9 Å². The molecule has 106 valence electrons. The largest absolute Gasteiger partial charge is 0.466 e. The van der Waals surface area contributed by atoms with Crippen molar-refractivity contribution in [3.8, 4) is 0 Å². The molecule has 2 unspecified atom stereocenters. The highest BCUT2D eigenvalue weighted by atomic mass is 79.9. The first kappa shape index (κ1) is 13.7. The molecule has 0 aromatic carbocycles. The van der Waals surface area contributed by atoms with E-state index >= 15 is 0 Å². The number of nitrogens with zero attached hydrogens (tertiary/aromatic N) is 1. The second kappa shape index (κ2) is 5.98. The molecule has 1 aliphatic carbocycles. The van der Waals surface area contributed by atoms with Crippen LogP contribution in [0.3, 0.4) is 0 Å². The maximum absolute atomic E-state index is 5.77. The number of rotatable bonds is 4. The van der Waals surface area contributed by atoms with Crippen LogP contribution in [0, 0.1) is 5.92 Å². The molecule has 2 aliphatic rings. The third-order valence-corrected chi connectivity index (χ3v) is 5.07. The van der Waals surface area contributed by atoms with Gasteiger partial charge in [-0.15, -0.1) is 0 Å². The summed E-state index contributed by atoms with van der Waals surface area (Å²) in [4.78, 5) is 2.47. The van der Waals surface area contributed by atoms with Crippen LogP contribution in [-0.2, 0) is 0 Å². The molecule has 1 aliphatic heterocycles. The van der Waals surface area contributed by atoms with Gasteiger partial charge in [-0.25, -0.2) is 0 Å². The van der Waals surface area contributed by atoms with E-state index in [0.29, 0.717) is 12.0 Å². The predicted octanol–water partition coefficient (Wildman–Crippen LogP) is 3.57. The minimum absolute atomic E-state index is 0.401. The molecule has 0 radical (unpaired) electrons. The fraction of sp³-hybridized carbons (Fsp3) is 0.733. The molecule has 19 heavy (non-hydrogen) atoms. The van der Waals surface area contributed by atoms with Crippen LogP contribution in [0.4, 0.5) is 0 Å². The van der Waals surface area contributed by atoms with Gasteiger partial charge in [0.2, 0.25) is 0 Å². The zero-order valence-electron chi connectivity index (χ0n) is 11.6. The van der Waals surface area contributed by atoms with Crippen LogP contribution in [0.15, 0.2) is 21.2 Å². The van der Waals surface area contributed by atoms with Gasteiger partial charge in [-0.3, -0.25) is 4.90 Å². The van der Waals surface area contributed by atoms with Crippen molar-refractivity contribution in [3.63, 3.8) is 0 Å². The van der Waals surface area contributed by atoms with Crippen molar-refractivity contribution < 1.29 is 4.42 Å². The molecule has 0 amide bonds. The molecule has 2 fully saturated rings. The molecule has 3 nitrogen and oxygen atoms in total. The molecule has 2 atom stereocenters. The van der Waals surface area contributed by atoms with Crippen molar-refractivity contribution in [2.45, 2.75) is 44.2 Å². The maximum Gasteiger partial charge on any atom is 0.135 e. The van der Waals surface area contributed by atoms with Crippen molar-refractivity contribution >= 4 is 15.9 Å². The lowest BCUT2D eigenvalue weighted by Gasteiger charge is -2.31. The predicted molar refractivity (Wildman–Crippen MR) is 80.1 cm³/mol. The lowest BCUT2D eigenvalue weighted by Crippen LogP contribution is -2.35. The van der Waals surface area contributed by atoms with Crippen molar-refractivity contribution in [2.75, 3.05) is 20.1 Å². The zero-order valence-corrected chi connectivity index (χ0v) is 13.2. The Bertz CT molecular complexity index is 416. The number of furan rings is 1. The molecular weight excluding hydrogens is 304 g/mol. The second-order valence-corrected chi connectivity index (χ2v) is 6.85. The van der Waals surface area contributed by atoms with E-state index in [1.165, 1.54) is 32.1 Å². The average molecular weight is 327 g/mol. The number of hydrogen-bond donors (Lipinski definition) is 1. The summed E-state index contributed by atoms with van der Waals surface area (Å²) in [6.45, 7) is 2.28. The third-order valence-electron chi connectivity index (χ3n) is 4.42. The SMILES string of the molecule is CN1CCCCC(CNC2CC2)C1c1occc1Br. The van der Waals surface area contributed by atoms with E-state index < -0.39 is 0 Å². The Kier molecular flexibility index (Phi) is 4.30. The van der Waals surface area contributed by atoms with Gasteiger partial charge in [0.05, 0.1) is 16.8 Å². The van der Waals surface area contributed by atoms with E-state index in [1.54, 1.807) is 6.26 Å². The summed E-state index contributed by atoms with van der Waals surface area (Å²) < 4.78 is 6.88. The molecule has 3 rings (SSSR count). The summed E-state index contributed by atoms with van der Waals surface area (Å²) in [7, 11) is 2.23. The minimum atomic E-state index is 0.401. The van der Waals surface area contributed by atoms with Gasteiger partial charge in [-0.1, -0.05) is 6.42 Å². The van der Waals surface area contributed by atoms with Gasteiger partial charge in [-0.2, -0.15) is 0 Å². The topological polar surface area (TPSA) is 28.4 Å². The van der Waals surface area contributed by atoms with Gasteiger partial charge in [-0.05, 0) is 67.2 Å². The highest BCUT2D eigenvalue weighted by molar-refractivity contribution is 9.10. The van der Waals surface area contributed by atoms with Gasteiger partial charge in [0.25, 0.3) is 0 Å². The van der Waals surface area contributed by atoms with Gasteiger partial charge in [0.1, 0.15) is 5.76 Å². The summed E-state index contributed by atoms with van der Waals surface area (Å²) in [5, 5.41) is 3.70. The molecule has 4 heteroatoms. The second-order valence-electron chi connectivity index (χ2n) is 6.00. The van der Waals surface area contributed by atoms with E-state index in [9.17, 15) is 0 Å². The van der Waals surface area contributed by atoms with Gasteiger partial charge in [0.15, 0.2) is 0 Å². The lowest BCUT2D eigenvalue weighted by molar-refractivity contribution is 0.162. The quantitative estimate of drug-likeness (QED) is 0.916. The Labute approximate surface area is 123 Å². The van der Waals surface area contributed by atoms with Crippen LogP contribution in [0.2, 0.25) is 0 Å². The molecule has 1 saturated carbocycles. The maximum atomic E-state index is 5.77. The van der Waals surface area contributed by atoms with E-state index in [2.05, 4.69) is 33.2 Å². The first-order valence-electron chi connectivity index (χ1n) is 7.42. The summed E-state index contributed by atoms with van der Waals surface area (Å²) in [5.41, 5.74) is 0. The van der Waals surface area contributed by atoms with Crippen molar-refractivity contribution in [3.05, 3.63) is 22.6 Å². The molecule has 1 N–H and O–H groups in total. The van der Waals surface area contributed by atoms with Crippen molar-refractivity contribution in [1.82, 2.24) is 10.2 Å². The number of hydrogen-bond acceptors (Lipinski definition) is 3. The van der Waals surface area contributed by atoms with E-state index in [1.807, 2.05) is 6.07 Å². The average Bonchev–Trinajstić information content (AvgIpc) is 3.16. The van der Waals surface area contributed by atoms with Crippen molar-refractivity contribution in [2.24, 2.45) is 5.92 Å². The zero-order chi connectivity index (χ0) is 13.2. The number of halogens is 1. The van der Waals surface area contributed by atoms with Crippen LogP contribution in [-0.4, -0.2) is 31.1 Å². The smallest absolute Gasteiger partial charge is 0.135 e. The Morgan fingerprint density at radius 2 is 2.21 bits per heavy atom. The van der Waals surface area contributed by atoms with E-state index in [0.717, 1.165) is 29.4 Å². The monoisotopic (exact) mass is 326 g/mol. The highest BCUT2D eigenvalue weighted by Gasteiger charge is 2.33. The van der Waals surface area contributed by atoms with E-state index in [4.69, 9.17) is 4.42 Å². The summed E-state index contributed by atoms with van der Waals surface area (Å²) in [6, 6.07) is 3.20. The number of nitrogens with one attached hydrogen (secondary N) is 1. The fourth-order valence-electron chi connectivity index (χ4n) is 3.17. The van der Waals surface area contributed by atoms with Crippen LogP contribution in [0.5, 0.6) is 0 Å². The highest BCUT2D eigenvalue weighted by Crippen LogP contribution is 2.38. The molecule has 0 bridgehead atoms. The normalized spacial score (nSPS) is 29.4. The molecule has 0 spiro atoms. The first-order valence-corrected chi connectivity index (χ1v) is 8.21. The summed E-state index contributed by atoms with van der Waals surface area (Å²) in [5.74, 6) is 1.75. The Morgan fingerprint density at radius 3 is 2.89 bits per heavy atom. The van der Waals surface area contributed by atoms with Crippen LogP contribution < -0.4 is 5.32 Å². The Hall–Kier alpha value is -0.320. The number of likely N-dealkylation sites (tertiary alicyclic amines) is 1. The standard InChI is InChI=1S/C15H23BrN2O/c1-18-8-3-2-4-11(10-17-12-5-6-12)14(18)15-13(16)7-9-19-15/h7,9,11-12,14,17H,2-6,8,10H2,1H3. The molecule has 1 aromatic heterocycles.